The summed E-state index contributed by atoms with van der Waals surface area (Å²) >= 11 is 0. The van der Waals surface area contributed by atoms with Crippen molar-refractivity contribution >= 4 is 5.78 Å². The van der Waals surface area contributed by atoms with Crippen LogP contribution in [0.5, 0.6) is 11.5 Å². The van der Waals surface area contributed by atoms with Gasteiger partial charge in [0, 0.05) is 5.56 Å². The summed E-state index contributed by atoms with van der Waals surface area (Å²) in [4.78, 5) is 12.0. The van der Waals surface area contributed by atoms with Crippen LogP contribution in [0.4, 0.5) is 0 Å². The molecule has 0 saturated carbocycles. The van der Waals surface area contributed by atoms with E-state index in [0.29, 0.717) is 29.7 Å². The number of fused-ring (bicyclic) bond motifs is 1. The van der Waals surface area contributed by atoms with Crippen molar-refractivity contribution in [1.82, 2.24) is 0 Å². The van der Waals surface area contributed by atoms with Gasteiger partial charge in [-0.05, 0) is 32.4 Å². The minimum Gasteiger partial charge on any atom is -0.508 e. The number of phenols is 1. The van der Waals surface area contributed by atoms with E-state index in [-0.39, 0.29) is 11.5 Å². The van der Waals surface area contributed by atoms with Crippen LogP contribution in [-0.4, -0.2) is 16.5 Å². The van der Waals surface area contributed by atoms with Gasteiger partial charge >= 0.3 is 0 Å². The van der Waals surface area contributed by atoms with Crippen molar-refractivity contribution in [2.45, 2.75) is 32.3 Å². The highest BCUT2D eigenvalue weighted by Crippen LogP contribution is 2.39. The monoisotopic (exact) mass is 232 g/mol. The molecule has 1 N–H and O–H groups in total. The summed E-state index contributed by atoms with van der Waals surface area (Å²) in [5.74, 6) is 0.710. The summed E-state index contributed by atoms with van der Waals surface area (Å²) in [5, 5.41) is 9.82. The molecule has 1 aliphatic rings. The predicted molar refractivity (Wildman–Crippen MR) is 65.7 cm³/mol. The van der Waals surface area contributed by atoms with Crippen LogP contribution < -0.4 is 4.74 Å². The minimum absolute atomic E-state index is 0.0570. The van der Waals surface area contributed by atoms with Crippen LogP contribution in [0.3, 0.4) is 0 Å². The molecule has 0 unspecified atom stereocenters. The first-order chi connectivity index (χ1) is 7.94. The summed E-state index contributed by atoms with van der Waals surface area (Å²) in [6, 6.07) is 3.16. The molecule has 17 heavy (non-hydrogen) atoms. The van der Waals surface area contributed by atoms with E-state index < -0.39 is 5.60 Å². The molecule has 0 atom stereocenters. The summed E-state index contributed by atoms with van der Waals surface area (Å²) in [6.45, 7) is 7.39. The number of hydrogen-bond donors (Lipinski definition) is 1. The molecule has 0 bridgehead atoms. The van der Waals surface area contributed by atoms with Gasteiger partial charge in [-0.3, -0.25) is 4.79 Å². The Hall–Kier alpha value is -1.77. The van der Waals surface area contributed by atoms with Crippen LogP contribution >= 0.6 is 0 Å². The van der Waals surface area contributed by atoms with Gasteiger partial charge in [0.2, 0.25) is 0 Å². The Labute approximate surface area is 101 Å². The smallest absolute Gasteiger partial charge is 0.170 e. The van der Waals surface area contributed by atoms with Gasteiger partial charge < -0.3 is 9.84 Å². The Bertz CT molecular complexity index is 486. The molecule has 0 saturated heterocycles. The topological polar surface area (TPSA) is 46.5 Å². The Morgan fingerprint density at radius 1 is 1.53 bits per heavy atom. The van der Waals surface area contributed by atoms with E-state index in [9.17, 15) is 9.90 Å². The lowest BCUT2D eigenvalue weighted by molar-refractivity contribution is 0.0613. The van der Waals surface area contributed by atoms with Crippen molar-refractivity contribution in [3.05, 3.63) is 35.9 Å². The number of rotatable bonds is 2. The minimum atomic E-state index is -0.520. The van der Waals surface area contributed by atoms with E-state index in [1.165, 1.54) is 6.07 Å². The van der Waals surface area contributed by atoms with Crippen LogP contribution in [0.15, 0.2) is 24.8 Å². The van der Waals surface area contributed by atoms with Crippen LogP contribution in [0, 0.1) is 0 Å². The van der Waals surface area contributed by atoms with Crippen molar-refractivity contribution in [2.75, 3.05) is 0 Å². The molecule has 1 aromatic carbocycles. The first-order valence-corrected chi connectivity index (χ1v) is 5.62. The van der Waals surface area contributed by atoms with Crippen LogP contribution in [0.1, 0.15) is 36.2 Å². The Balaban J connectivity index is 2.60. The largest absolute Gasteiger partial charge is 0.508 e. The molecule has 0 amide bonds. The maximum atomic E-state index is 12.0. The number of Topliss-reactive ketones (excluding diaryl/α,β-unsaturated/α-hetero) is 1. The van der Waals surface area contributed by atoms with Crippen molar-refractivity contribution in [3.8, 4) is 11.5 Å². The van der Waals surface area contributed by atoms with Crippen molar-refractivity contribution in [1.29, 1.82) is 0 Å². The van der Waals surface area contributed by atoms with Crippen LogP contribution in [0.2, 0.25) is 0 Å². The molecule has 1 aromatic rings. The van der Waals surface area contributed by atoms with Gasteiger partial charge in [-0.25, -0.2) is 0 Å². The Morgan fingerprint density at radius 3 is 2.88 bits per heavy atom. The van der Waals surface area contributed by atoms with Gasteiger partial charge in [-0.1, -0.05) is 6.08 Å². The predicted octanol–water partition coefficient (Wildman–Crippen LogP) is 2.86. The average molecular weight is 232 g/mol. The highest BCUT2D eigenvalue weighted by Gasteiger charge is 2.34. The standard InChI is InChI=1S/C14H16O3/c1-4-5-9-11(15)7-6-10-12(16)8-14(2,3)17-13(9)10/h4,6-7,15H,1,5,8H2,2-3H3. The van der Waals surface area contributed by atoms with Gasteiger partial charge in [-0.15, -0.1) is 6.58 Å². The average Bonchev–Trinajstić information content (AvgIpc) is 2.21. The Morgan fingerprint density at radius 2 is 2.24 bits per heavy atom. The van der Waals surface area contributed by atoms with Crippen LogP contribution in [0.25, 0.3) is 0 Å². The molecule has 3 heteroatoms. The lowest BCUT2D eigenvalue weighted by atomic mass is 9.90. The molecule has 0 fully saturated rings. The zero-order chi connectivity index (χ0) is 12.6. The molecule has 3 nitrogen and oxygen atoms in total. The summed E-state index contributed by atoms with van der Waals surface area (Å²) in [5.41, 5.74) is 0.672. The fourth-order valence-corrected chi connectivity index (χ4v) is 2.09. The second kappa shape index (κ2) is 3.91. The quantitative estimate of drug-likeness (QED) is 0.797. The van der Waals surface area contributed by atoms with Crippen molar-refractivity contribution < 1.29 is 14.6 Å². The highest BCUT2D eigenvalue weighted by atomic mass is 16.5. The third kappa shape index (κ3) is 2.05. The number of carbonyl (C=O) groups is 1. The van der Waals surface area contributed by atoms with Crippen molar-refractivity contribution in [2.24, 2.45) is 0 Å². The molecular weight excluding hydrogens is 216 g/mol. The van der Waals surface area contributed by atoms with Gasteiger partial charge in [-0.2, -0.15) is 0 Å². The molecule has 0 spiro atoms. The Kier molecular flexibility index (Phi) is 2.69. The van der Waals surface area contributed by atoms with Gasteiger partial charge in [0.1, 0.15) is 17.1 Å². The second-order valence-electron chi connectivity index (χ2n) is 4.89. The van der Waals surface area contributed by atoms with E-state index in [0.717, 1.165) is 0 Å². The fraction of sp³-hybridized carbons (Fsp3) is 0.357. The number of benzene rings is 1. The number of ether oxygens (including phenoxy) is 1. The zero-order valence-corrected chi connectivity index (χ0v) is 10.1. The van der Waals surface area contributed by atoms with E-state index >= 15 is 0 Å². The lowest BCUT2D eigenvalue weighted by Gasteiger charge is -2.33. The van der Waals surface area contributed by atoms with E-state index in [2.05, 4.69) is 6.58 Å². The van der Waals surface area contributed by atoms with Crippen LogP contribution in [-0.2, 0) is 6.42 Å². The highest BCUT2D eigenvalue weighted by molar-refractivity contribution is 6.01. The van der Waals surface area contributed by atoms with Crippen molar-refractivity contribution in [3.63, 3.8) is 0 Å². The van der Waals surface area contributed by atoms with E-state index in [1.807, 2.05) is 13.8 Å². The molecule has 0 aliphatic carbocycles. The first kappa shape index (κ1) is 11.7. The number of carbonyl (C=O) groups excluding carboxylic acids is 1. The fourth-order valence-electron chi connectivity index (χ4n) is 2.09. The van der Waals surface area contributed by atoms with Gasteiger partial charge in [0.25, 0.3) is 0 Å². The number of aromatic hydroxyl groups is 1. The second-order valence-corrected chi connectivity index (χ2v) is 4.89. The molecule has 0 aromatic heterocycles. The normalized spacial score (nSPS) is 17.2. The molecule has 1 aliphatic heterocycles. The maximum absolute atomic E-state index is 12.0. The molecule has 90 valence electrons. The maximum Gasteiger partial charge on any atom is 0.170 e. The number of hydrogen-bond acceptors (Lipinski definition) is 3. The molecule has 1 heterocycles. The zero-order valence-electron chi connectivity index (χ0n) is 10.1. The number of allylic oxidation sites excluding steroid dienone is 1. The lowest BCUT2D eigenvalue weighted by Crippen LogP contribution is -2.36. The first-order valence-electron chi connectivity index (χ1n) is 5.62. The molecule has 2 rings (SSSR count). The summed E-state index contributed by atoms with van der Waals surface area (Å²) in [7, 11) is 0. The molecular formula is C14H16O3. The summed E-state index contributed by atoms with van der Waals surface area (Å²) < 4.78 is 5.83. The van der Waals surface area contributed by atoms with E-state index in [1.54, 1.807) is 12.1 Å². The number of phenolic OH excluding ortho intramolecular Hbond substituents is 1. The van der Waals surface area contributed by atoms with Gasteiger partial charge in [0.05, 0.1) is 12.0 Å². The molecule has 0 radical (unpaired) electrons. The third-order valence-electron chi connectivity index (χ3n) is 2.85. The van der Waals surface area contributed by atoms with E-state index in [4.69, 9.17) is 4.74 Å². The third-order valence-corrected chi connectivity index (χ3v) is 2.85. The summed E-state index contributed by atoms with van der Waals surface area (Å²) in [6.07, 6.45) is 2.53. The number of ketones is 1. The van der Waals surface area contributed by atoms with Gasteiger partial charge in [0.15, 0.2) is 5.78 Å². The SMILES string of the molecule is C=CCc1c(O)ccc2c1OC(C)(C)CC2=O.